The van der Waals surface area contributed by atoms with Crippen LogP contribution in [0.1, 0.15) is 19.8 Å². The third-order valence-electron chi connectivity index (χ3n) is 1.32. The quantitative estimate of drug-likeness (QED) is 0.439. The lowest BCUT2D eigenvalue weighted by Gasteiger charge is -2.04. The number of esters is 2. The molecule has 0 heterocycles. The van der Waals surface area contributed by atoms with E-state index >= 15 is 0 Å². The fraction of sp³-hybridized carbons (Fsp3) is 0.500. The van der Waals surface area contributed by atoms with Crippen molar-refractivity contribution in [3.05, 3.63) is 0 Å². The summed E-state index contributed by atoms with van der Waals surface area (Å²) in [6.07, 6.45) is -1.13. The summed E-state index contributed by atoms with van der Waals surface area (Å²) in [5, 5.41) is 8.34. The van der Waals surface area contributed by atoms with Gasteiger partial charge in [-0.2, -0.15) is 0 Å². The number of ether oxygens (including phenoxy) is 1. The summed E-state index contributed by atoms with van der Waals surface area (Å²) in [4.78, 5) is 42.3. The number of Topliss-reactive ketones (excluding diaryl/α,β-unsaturated/α-hetero) is 1. The highest BCUT2D eigenvalue weighted by atomic mass is 16.6. The van der Waals surface area contributed by atoms with E-state index in [4.69, 9.17) is 10.8 Å². The first kappa shape index (κ1) is 13.2. The molecule has 0 aromatic carbocycles. The second kappa shape index (κ2) is 5.86. The second-order valence-electron chi connectivity index (χ2n) is 2.87. The van der Waals surface area contributed by atoms with Gasteiger partial charge in [0.25, 0.3) is 0 Å². The van der Waals surface area contributed by atoms with Crippen LogP contribution < -0.4 is 5.73 Å². The maximum atomic E-state index is 10.9. The molecule has 0 bridgehead atoms. The molecule has 0 saturated carbocycles. The zero-order valence-corrected chi connectivity index (χ0v) is 8.06. The Kier molecular flexibility index (Phi) is 5.18. The van der Waals surface area contributed by atoms with Crippen LogP contribution in [0.2, 0.25) is 0 Å². The van der Waals surface area contributed by atoms with Crippen molar-refractivity contribution in [2.45, 2.75) is 25.8 Å². The summed E-state index contributed by atoms with van der Waals surface area (Å²) in [6, 6.07) is -1.41. The Bertz CT molecular complexity index is 298. The van der Waals surface area contributed by atoms with E-state index in [0.29, 0.717) is 0 Å². The van der Waals surface area contributed by atoms with Crippen LogP contribution in [0.25, 0.3) is 0 Å². The highest BCUT2D eigenvalue weighted by Crippen LogP contribution is 1.95. The summed E-state index contributed by atoms with van der Waals surface area (Å²) in [5.74, 6) is -3.89. The molecule has 0 aliphatic rings. The molecular formula is C8H11NO6. The molecule has 0 rings (SSSR count). The van der Waals surface area contributed by atoms with Gasteiger partial charge in [-0.3, -0.25) is 19.2 Å². The molecule has 0 radical (unpaired) electrons. The van der Waals surface area contributed by atoms with Crippen LogP contribution in [0.3, 0.4) is 0 Å². The first-order chi connectivity index (χ1) is 6.82. The van der Waals surface area contributed by atoms with Gasteiger partial charge in [0.15, 0.2) is 0 Å². The molecule has 0 unspecified atom stereocenters. The Morgan fingerprint density at radius 2 is 1.80 bits per heavy atom. The smallest absolute Gasteiger partial charge is 0.321 e. The van der Waals surface area contributed by atoms with Crippen LogP contribution in [0.15, 0.2) is 0 Å². The standard InChI is InChI=1S/C8H11NO6/c1-4(10)2-6(11)15-7(12)3-5(9)8(13)14/h5H,2-3,9H2,1H3,(H,13,14)/t5-/m0/s1. The van der Waals surface area contributed by atoms with E-state index < -0.39 is 42.6 Å². The molecule has 0 amide bonds. The molecule has 7 heteroatoms. The van der Waals surface area contributed by atoms with Gasteiger partial charge < -0.3 is 15.6 Å². The molecule has 0 aliphatic heterocycles. The van der Waals surface area contributed by atoms with Crippen molar-refractivity contribution in [3.63, 3.8) is 0 Å². The van der Waals surface area contributed by atoms with Crippen molar-refractivity contribution >= 4 is 23.7 Å². The Morgan fingerprint density at radius 1 is 1.27 bits per heavy atom. The van der Waals surface area contributed by atoms with Crippen molar-refractivity contribution < 1.29 is 29.0 Å². The minimum atomic E-state index is -1.41. The lowest BCUT2D eigenvalue weighted by Crippen LogP contribution is -2.33. The number of rotatable bonds is 5. The molecule has 0 aliphatic carbocycles. The molecule has 84 valence electrons. The van der Waals surface area contributed by atoms with Gasteiger partial charge in [0.2, 0.25) is 0 Å². The molecule has 15 heavy (non-hydrogen) atoms. The summed E-state index contributed by atoms with van der Waals surface area (Å²) < 4.78 is 4.14. The minimum absolute atomic E-state index is 0.449. The monoisotopic (exact) mass is 217 g/mol. The molecule has 0 aromatic rings. The Labute approximate surface area is 85.2 Å². The molecule has 0 fully saturated rings. The molecule has 0 spiro atoms. The Morgan fingerprint density at radius 3 is 2.20 bits per heavy atom. The average molecular weight is 217 g/mol. The fourth-order valence-electron chi connectivity index (χ4n) is 0.675. The van der Waals surface area contributed by atoms with Gasteiger partial charge in [0.05, 0.1) is 6.42 Å². The van der Waals surface area contributed by atoms with Crippen LogP contribution in [0.5, 0.6) is 0 Å². The van der Waals surface area contributed by atoms with Crippen LogP contribution >= 0.6 is 0 Å². The van der Waals surface area contributed by atoms with Gasteiger partial charge in [0.1, 0.15) is 18.2 Å². The van der Waals surface area contributed by atoms with Crippen LogP contribution in [0, 0.1) is 0 Å². The summed E-state index contributed by atoms with van der Waals surface area (Å²) in [7, 11) is 0. The molecule has 0 saturated heterocycles. The van der Waals surface area contributed by atoms with Gasteiger partial charge in [-0.25, -0.2) is 0 Å². The van der Waals surface area contributed by atoms with Crippen molar-refractivity contribution in [1.29, 1.82) is 0 Å². The molecule has 3 N–H and O–H groups in total. The third kappa shape index (κ3) is 6.33. The number of hydrogen-bond acceptors (Lipinski definition) is 6. The minimum Gasteiger partial charge on any atom is -0.480 e. The molecule has 7 nitrogen and oxygen atoms in total. The topological polar surface area (TPSA) is 124 Å². The maximum Gasteiger partial charge on any atom is 0.321 e. The van der Waals surface area contributed by atoms with Crippen LogP contribution in [0.4, 0.5) is 0 Å². The van der Waals surface area contributed by atoms with Crippen molar-refractivity contribution in [1.82, 2.24) is 0 Å². The van der Waals surface area contributed by atoms with Gasteiger partial charge in [0, 0.05) is 0 Å². The molecule has 1 atom stereocenters. The number of carbonyl (C=O) groups excluding carboxylic acids is 3. The largest absolute Gasteiger partial charge is 0.480 e. The highest BCUT2D eigenvalue weighted by Gasteiger charge is 2.19. The number of carboxylic acid groups (broad SMARTS) is 1. The summed E-state index contributed by atoms with van der Waals surface area (Å²) in [6.45, 7) is 1.16. The number of carbonyl (C=O) groups is 4. The zero-order chi connectivity index (χ0) is 12.0. The number of nitrogens with two attached hydrogens (primary N) is 1. The van der Waals surface area contributed by atoms with Crippen molar-refractivity contribution in [2.24, 2.45) is 5.73 Å². The van der Waals surface area contributed by atoms with Gasteiger partial charge in [-0.15, -0.1) is 0 Å². The maximum absolute atomic E-state index is 10.9. The van der Waals surface area contributed by atoms with E-state index in [9.17, 15) is 19.2 Å². The van der Waals surface area contributed by atoms with Crippen molar-refractivity contribution in [3.8, 4) is 0 Å². The van der Waals surface area contributed by atoms with E-state index in [0.717, 1.165) is 6.92 Å². The summed E-state index contributed by atoms with van der Waals surface area (Å²) >= 11 is 0. The lowest BCUT2D eigenvalue weighted by molar-refractivity contribution is -0.161. The van der Waals surface area contributed by atoms with Gasteiger partial charge >= 0.3 is 17.9 Å². The number of aliphatic carboxylic acids is 1. The summed E-state index contributed by atoms with van der Waals surface area (Å²) in [5.41, 5.74) is 5.02. The molecular weight excluding hydrogens is 206 g/mol. The number of hydrogen-bond donors (Lipinski definition) is 2. The van der Waals surface area contributed by atoms with Gasteiger partial charge in [-0.1, -0.05) is 0 Å². The van der Waals surface area contributed by atoms with E-state index in [1.54, 1.807) is 0 Å². The van der Waals surface area contributed by atoms with Crippen LogP contribution in [-0.4, -0.2) is 34.8 Å². The average Bonchev–Trinajstić information content (AvgIpc) is 2.00. The third-order valence-corrected chi connectivity index (χ3v) is 1.32. The fourth-order valence-corrected chi connectivity index (χ4v) is 0.675. The zero-order valence-electron chi connectivity index (χ0n) is 8.06. The van der Waals surface area contributed by atoms with Gasteiger partial charge in [-0.05, 0) is 6.92 Å². The predicted octanol–water partition coefficient (Wildman–Crippen LogP) is -1.16. The second-order valence-corrected chi connectivity index (χ2v) is 2.87. The normalized spacial score (nSPS) is 11.6. The predicted molar refractivity (Wildman–Crippen MR) is 46.6 cm³/mol. The molecule has 0 aromatic heterocycles. The van der Waals surface area contributed by atoms with E-state index in [1.807, 2.05) is 0 Å². The number of carboxylic acids is 1. The first-order valence-electron chi connectivity index (χ1n) is 4.04. The SMILES string of the molecule is CC(=O)CC(=O)OC(=O)C[C@H](N)C(=O)O. The van der Waals surface area contributed by atoms with E-state index in [-0.39, 0.29) is 0 Å². The first-order valence-corrected chi connectivity index (χ1v) is 4.04. The highest BCUT2D eigenvalue weighted by molar-refractivity contribution is 5.98. The Balaban J connectivity index is 3.99. The Hall–Kier alpha value is -1.76. The lowest BCUT2D eigenvalue weighted by atomic mass is 10.2. The van der Waals surface area contributed by atoms with Crippen LogP contribution in [-0.2, 0) is 23.9 Å². The number of ketones is 1. The van der Waals surface area contributed by atoms with E-state index in [2.05, 4.69) is 4.74 Å². The van der Waals surface area contributed by atoms with Crippen molar-refractivity contribution in [2.75, 3.05) is 0 Å². The van der Waals surface area contributed by atoms with E-state index in [1.165, 1.54) is 0 Å².